The maximum absolute atomic E-state index is 13.5. The average molecular weight is 495 g/mol. The third-order valence-electron chi connectivity index (χ3n) is 5.82. The summed E-state index contributed by atoms with van der Waals surface area (Å²) in [5, 5.41) is 0.852. The molecule has 4 nitrogen and oxygen atoms in total. The van der Waals surface area contributed by atoms with Crippen molar-refractivity contribution in [3.63, 3.8) is 0 Å². The summed E-state index contributed by atoms with van der Waals surface area (Å²) in [5.74, 6) is -0.778. The van der Waals surface area contributed by atoms with Crippen LogP contribution in [0.2, 0.25) is 10.0 Å². The van der Waals surface area contributed by atoms with E-state index in [9.17, 15) is 9.59 Å². The van der Waals surface area contributed by atoms with E-state index in [4.69, 9.17) is 32.4 Å². The molecule has 34 heavy (non-hydrogen) atoms. The normalized spacial score (nSPS) is 11.6. The van der Waals surface area contributed by atoms with E-state index in [-0.39, 0.29) is 27.5 Å². The third kappa shape index (κ3) is 4.61. The van der Waals surface area contributed by atoms with Crippen molar-refractivity contribution in [1.82, 2.24) is 0 Å². The number of carbonyl (C=O) groups excluding carboxylic acids is 1. The SMILES string of the molecule is Cc1cc2oc(-c3ccc(C(C)(C)C)cc3)c(OC(=O)c3ccc(Cl)cc3Cl)c(=O)c2cc1C. The van der Waals surface area contributed by atoms with Crippen LogP contribution in [0.1, 0.15) is 47.8 Å². The highest BCUT2D eigenvalue weighted by atomic mass is 35.5. The molecule has 0 radical (unpaired) electrons. The lowest BCUT2D eigenvalue weighted by Gasteiger charge is -2.19. The maximum atomic E-state index is 13.5. The summed E-state index contributed by atoms with van der Waals surface area (Å²) in [6, 6.07) is 15.7. The Morgan fingerprint density at radius 2 is 1.56 bits per heavy atom. The van der Waals surface area contributed by atoms with Gasteiger partial charge in [-0.15, -0.1) is 0 Å². The van der Waals surface area contributed by atoms with Gasteiger partial charge in [0.25, 0.3) is 0 Å². The van der Waals surface area contributed by atoms with E-state index in [2.05, 4.69) is 20.8 Å². The van der Waals surface area contributed by atoms with Crippen molar-refractivity contribution in [3.8, 4) is 17.1 Å². The Labute approximate surface area is 208 Å². The lowest BCUT2D eigenvalue weighted by Crippen LogP contribution is -2.17. The molecule has 4 aromatic rings. The van der Waals surface area contributed by atoms with Gasteiger partial charge in [-0.3, -0.25) is 4.79 Å². The first-order valence-electron chi connectivity index (χ1n) is 10.8. The topological polar surface area (TPSA) is 56.5 Å². The Morgan fingerprint density at radius 3 is 2.18 bits per heavy atom. The minimum atomic E-state index is -0.773. The van der Waals surface area contributed by atoms with Gasteiger partial charge < -0.3 is 9.15 Å². The number of esters is 1. The van der Waals surface area contributed by atoms with Gasteiger partial charge in [-0.2, -0.15) is 0 Å². The number of carbonyl (C=O) groups is 1. The second kappa shape index (κ2) is 8.94. The number of ether oxygens (including phenoxy) is 1. The summed E-state index contributed by atoms with van der Waals surface area (Å²) in [7, 11) is 0. The Morgan fingerprint density at radius 1 is 0.912 bits per heavy atom. The van der Waals surface area contributed by atoms with Crippen LogP contribution >= 0.6 is 23.2 Å². The molecule has 0 saturated carbocycles. The summed E-state index contributed by atoms with van der Waals surface area (Å²) >= 11 is 12.1. The van der Waals surface area contributed by atoms with Gasteiger partial charge in [-0.1, -0.05) is 68.2 Å². The highest BCUT2D eigenvalue weighted by Gasteiger charge is 2.23. The number of fused-ring (bicyclic) bond motifs is 1. The summed E-state index contributed by atoms with van der Waals surface area (Å²) < 4.78 is 11.8. The fourth-order valence-corrected chi connectivity index (χ4v) is 4.13. The zero-order valence-corrected chi connectivity index (χ0v) is 21.1. The Balaban J connectivity index is 1.91. The van der Waals surface area contributed by atoms with E-state index in [1.807, 2.05) is 44.2 Å². The van der Waals surface area contributed by atoms with Crippen LogP contribution in [0.5, 0.6) is 5.75 Å². The molecule has 6 heteroatoms. The van der Waals surface area contributed by atoms with Crippen LogP contribution in [0.15, 0.2) is 63.8 Å². The second-order valence-electron chi connectivity index (χ2n) is 9.36. The average Bonchev–Trinajstić information content (AvgIpc) is 2.76. The van der Waals surface area contributed by atoms with Crippen LogP contribution in [-0.4, -0.2) is 5.97 Å². The monoisotopic (exact) mass is 494 g/mol. The zero-order chi connectivity index (χ0) is 24.8. The number of rotatable bonds is 3. The van der Waals surface area contributed by atoms with Gasteiger partial charge in [-0.05, 0) is 66.3 Å². The predicted octanol–water partition coefficient (Wildman–Crippen LogP) is 7.90. The highest BCUT2D eigenvalue weighted by molar-refractivity contribution is 6.36. The van der Waals surface area contributed by atoms with E-state index in [1.165, 1.54) is 18.2 Å². The summed E-state index contributed by atoms with van der Waals surface area (Å²) in [6.07, 6.45) is 0. The fraction of sp³-hybridized carbons (Fsp3) is 0.214. The predicted molar refractivity (Wildman–Crippen MR) is 138 cm³/mol. The van der Waals surface area contributed by atoms with Gasteiger partial charge in [0.2, 0.25) is 11.2 Å². The molecule has 0 unspecified atom stereocenters. The molecule has 0 fully saturated rings. The zero-order valence-electron chi connectivity index (χ0n) is 19.6. The number of benzene rings is 3. The molecule has 0 atom stereocenters. The van der Waals surface area contributed by atoms with E-state index in [0.29, 0.717) is 21.6 Å². The molecule has 0 N–H and O–H groups in total. The summed E-state index contributed by atoms with van der Waals surface area (Å²) in [4.78, 5) is 26.5. The van der Waals surface area contributed by atoms with Crippen LogP contribution in [0.3, 0.4) is 0 Å². The van der Waals surface area contributed by atoms with Gasteiger partial charge in [0.1, 0.15) is 5.58 Å². The van der Waals surface area contributed by atoms with Crippen molar-refractivity contribution in [3.05, 3.63) is 97.1 Å². The quantitative estimate of drug-likeness (QED) is 0.271. The largest absolute Gasteiger partial charge is 0.452 e. The van der Waals surface area contributed by atoms with E-state index >= 15 is 0 Å². The Hall–Kier alpha value is -3.08. The summed E-state index contributed by atoms with van der Waals surface area (Å²) in [6.45, 7) is 10.2. The first kappa shape index (κ1) is 24.1. The van der Waals surface area contributed by atoms with Crippen molar-refractivity contribution in [2.75, 3.05) is 0 Å². The first-order chi connectivity index (χ1) is 16.0. The molecule has 0 bridgehead atoms. The third-order valence-corrected chi connectivity index (χ3v) is 6.37. The molecular weight excluding hydrogens is 471 g/mol. The van der Waals surface area contributed by atoms with Crippen molar-refractivity contribution >= 4 is 40.1 Å². The Kier molecular flexibility index (Phi) is 6.32. The molecule has 0 aliphatic heterocycles. The molecule has 3 aromatic carbocycles. The van der Waals surface area contributed by atoms with Crippen LogP contribution in [0.4, 0.5) is 0 Å². The number of hydrogen-bond donors (Lipinski definition) is 0. The van der Waals surface area contributed by atoms with Crippen LogP contribution in [-0.2, 0) is 5.41 Å². The smallest absolute Gasteiger partial charge is 0.345 e. The summed E-state index contributed by atoms with van der Waals surface area (Å²) in [5.41, 5.74) is 3.71. The lowest BCUT2D eigenvalue weighted by atomic mass is 9.86. The lowest BCUT2D eigenvalue weighted by molar-refractivity contribution is 0.0731. The van der Waals surface area contributed by atoms with Crippen LogP contribution in [0, 0.1) is 13.8 Å². The molecule has 0 saturated heterocycles. The molecule has 0 amide bonds. The van der Waals surface area contributed by atoms with E-state index in [1.54, 1.807) is 6.07 Å². The second-order valence-corrected chi connectivity index (χ2v) is 10.2. The van der Waals surface area contributed by atoms with Crippen molar-refractivity contribution in [1.29, 1.82) is 0 Å². The van der Waals surface area contributed by atoms with Crippen LogP contribution < -0.4 is 10.2 Å². The number of halogens is 2. The van der Waals surface area contributed by atoms with Gasteiger partial charge in [0.15, 0.2) is 5.76 Å². The Bertz CT molecular complexity index is 1480. The van der Waals surface area contributed by atoms with Gasteiger partial charge >= 0.3 is 5.97 Å². The number of hydrogen-bond acceptors (Lipinski definition) is 4. The minimum Gasteiger partial charge on any atom is -0.452 e. The molecule has 4 rings (SSSR count). The molecule has 0 aliphatic rings. The van der Waals surface area contributed by atoms with E-state index in [0.717, 1.165) is 16.7 Å². The number of aryl methyl sites for hydroxylation is 2. The van der Waals surface area contributed by atoms with Crippen molar-refractivity contribution in [2.45, 2.75) is 40.0 Å². The first-order valence-corrected chi connectivity index (χ1v) is 11.6. The molecule has 1 aromatic heterocycles. The van der Waals surface area contributed by atoms with Gasteiger partial charge in [-0.25, -0.2) is 4.79 Å². The molecule has 0 aliphatic carbocycles. The standard InChI is InChI=1S/C28H24Cl2O4/c1-15-12-21-23(13-16(15)2)33-25(17-6-8-18(9-7-17)28(3,4)5)26(24(21)31)34-27(32)20-11-10-19(29)14-22(20)30/h6-14H,1-5H3. The minimum absolute atomic E-state index is 0.0436. The van der Waals surface area contributed by atoms with Gasteiger partial charge in [0.05, 0.1) is 16.0 Å². The molecular formula is C28H24Cl2O4. The fourth-order valence-electron chi connectivity index (χ4n) is 3.64. The molecule has 0 spiro atoms. The van der Waals surface area contributed by atoms with Crippen molar-refractivity contribution in [2.24, 2.45) is 0 Å². The van der Waals surface area contributed by atoms with Crippen LogP contribution in [0.25, 0.3) is 22.3 Å². The van der Waals surface area contributed by atoms with E-state index < -0.39 is 11.4 Å². The van der Waals surface area contributed by atoms with Crippen molar-refractivity contribution < 1.29 is 13.9 Å². The maximum Gasteiger partial charge on any atom is 0.345 e. The molecule has 1 heterocycles. The van der Waals surface area contributed by atoms with Gasteiger partial charge in [0, 0.05) is 10.6 Å². The highest BCUT2D eigenvalue weighted by Crippen LogP contribution is 2.34. The molecule has 174 valence electrons.